The average molecular weight is 368 g/mol. The second-order valence-electron chi connectivity index (χ2n) is 7.90. The molecule has 2 fully saturated rings. The highest BCUT2D eigenvalue weighted by Crippen LogP contribution is 2.57. The summed E-state index contributed by atoms with van der Waals surface area (Å²) in [4.78, 5) is 14.4. The summed E-state index contributed by atoms with van der Waals surface area (Å²) >= 11 is 6.36. The highest BCUT2D eigenvalue weighted by molar-refractivity contribution is 6.31. The molecule has 0 aromatic heterocycles. The molecule has 2 aromatic rings. The third-order valence-corrected chi connectivity index (χ3v) is 6.77. The molecule has 26 heavy (non-hydrogen) atoms. The quantitative estimate of drug-likeness (QED) is 0.871. The highest BCUT2D eigenvalue weighted by atomic mass is 35.5. The molecule has 1 saturated carbocycles. The first-order valence-electron chi connectivity index (χ1n) is 9.14. The second kappa shape index (κ2) is 5.24. The molecule has 1 spiro atoms. The third-order valence-electron chi connectivity index (χ3n) is 6.36. The van der Waals surface area contributed by atoms with Gasteiger partial charge in [0.2, 0.25) is 5.91 Å². The number of nitrogens with one attached hydrogen (secondary N) is 2. The van der Waals surface area contributed by atoms with E-state index in [-0.39, 0.29) is 16.9 Å². The molecule has 0 unspecified atom stereocenters. The Hall–Kier alpha value is -2.04. The summed E-state index contributed by atoms with van der Waals surface area (Å²) in [6, 6.07) is 12.5. The zero-order valence-electron chi connectivity index (χ0n) is 15.0. The van der Waals surface area contributed by atoms with Gasteiger partial charge in [0.1, 0.15) is 0 Å². The zero-order valence-corrected chi connectivity index (χ0v) is 15.8. The summed E-state index contributed by atoms with van der Waals surface area (Å²) in [5.41, 5.74) is 5.24. The fraction of sp³-hybridized carbons (Fsp3) is 0.381. The number of rotatable bonds is 3. The molecule has 2 N–H and O–H groups in total. The number of fused-ring (bicyclic) bond motifs is 2. The molecule has 2 aromatic carbocycles. The van der Waals surface area contributed by atoms with Crippen molar-refractivity contribution in [2.45, 2.75) is 30.7 Å². The van der Waals surface area contributed by atoms with Crippen LogP contribution >= 0.6 is 11.6 Å². The molecule has 1 saturated heterocycles. The van der Waals surface area contributed by atoms with Crippen LogP contribution in [0.25, 0.3) is 0 Å². The predicted molar refractivity (Wildman–Crippen MR) is 105 cm³/mol. The Balaban J connectivity index is 1.52. The lowest BCUT2D eigenvalue weighted by Gasteiger charge is -2.45. The van der Waals surface area contributed by atoms with Gasteiger partial charge in [0.15, 0.2) is 0 Å². The first-order valence-corrected chi connectivity index (χ1v) is 9.52. The van der Waals surface area contributed by atoms with Crippen LogP contribution in [0.1, 0.15) is 29.5 Å². The maximum atomic E-state index is 12.6. The lowest BCUT2D eigenvalue weighted by Crippen LogP contribution is -2.61. The Bertz CT molecular complexity index is 931. The van der Waals surface area contributed by atoms with E-state index in [1.807, 2.05) is 24.1 Å². The molecule has 5 rings (SSSR count). The fourth-order valence-electron chi connectivity index (χ4n) is 4.57. The zero-order chi connectivity index (χ0) is 18.1. The number of amides is 1. The van der Waals surface area contributed by atoms with Gasteiger partial charge in [-0.2, -0.15) is 0 Å². The van der Waals surface area contributed by atoms with E-state index >= 15 is 0 Å². The number of nitrogens with zero attached hydrogens (tertiary/aromatic N) is 1. The molecule has 0 bridgehead atoms. The van der Waals surface area contributed by atoms with E-state index < -0.39 is 0 Å². The van der Waals surface area contributed by atoms with Crippen LogP contribution in [-0.2, 0) is 15.7 Å². The van der Waals surface area contributed by atoms with Gasteiger partial charge in [0.25, 0.3) is 0 Å². The van der Waals surface area contributed by atoms with Crippen molar-refractivity contribution in [1.82, 2.24) is 5.32 Å². The predicted octanol–water partition coefficient (Wildman–Crippen LogP) is 3.57. The highest BCUT2D eigenvalue weighted by Gasteiger charge is 2.58. The first-order chi connectivity index (χ1) is 12.5. The maximum absolute atomic E-state index is 12.6. The Labute approximate surface area is 158 Å². The van der Waals surface area contributed by atoms with Crippen LogP contribution < -0.4 is 15.5 Å². The lowest BCUT2D eigenvalue weighted by molar-refractivity contribution is -0.119. The maximum Gasteiger partial charge on any atom is 0.237 e. The second-order valence-corrected chi connectivity index (χ2v) is 8.31. The molecule has 1 amide bonds. The standard InChI is InChI=1S/C21H22ClN3O/c1-13-15(4-3-5-17(13)22)21(11-23-12-21)24-14-6-7-16-18(10-14)25(2)19(26)20(16)8-9-20/h3-7,10,23-24H,8-9,11-12H2,1-2H3. The van der Waals surface area contributed by atoms with Crippen molar-refractivity contribution >= 4 is 28.9 Å². The van der Waals surface area contributed by atoms with Gasteiger partial charge in [-0.1, -0.05) is 29.8 Å². The first kappa shape index (κ1) is 16.2. The van der Waals surface area contributed by atoms with Crippen molar-refractivity contribution in [2.75, 3.05) is 30.4 Å². The van der Waals surface area contributed by atoms with E-state index in [2.05, 4.69) is 41.8 Å². The molecule has 3 aliphatic rings. The van der Waals surface area contributed by atoms with Gasteiger partial charge in [-0.25, -0.2) is 0 Å². The number of hydrogen-bond acceptors (Lipinski definition) is 3. The molecule has 0 atom stereocenters. The van der Waals surface area contributed by atoms with Crippen molar-refractivity contribution in [1.29, 1.82) is 0 Å². The van der Waals surface area contributed by atoms with Crippen molar-refractivity contribution in [3.8, 4) is 0 Å². The van der Waals surface area contributed by atoms with Gasteiger partial charge in [0, 0.05) is 36.5 Å². The Kier molecular flexibility index (Phi) is 3.26. The summed E-state index contributed by atoms with van der Waals surface area (Å²) in [5, 5.41) is 7.92. The van der Waals surface area contributed by atoms with E-state index in [1.54, 1.807) is 0 Å². The summed E-state index contributed by atoms with van der Waals surface area (Å²) in [6.45, 7) is 3.78. The number of carbonyl (C=O) groups excluding carboxylic acids is 1. The molecule has 5 heteroatoms. The van der Waals surface area contributed by atoms with Gasteiger partial charge in [-0.05, 0) is 54.7 Å². The largest absolute Gasteiger partial charge is 0.373 e. The van der Waals surface area contributed by atoms with Crippen LogP contribution in [-0.4, -0.2) is 26.0 Å². The van der Waals surface area contributed by atoms with Gasteiger partial charge >= 0.3 is 0 Å². The number of anilines is 2. The summed E-state index contributed by atoms with van der Waals surface area (Å²) in [5.74, 6) is 0.246. The van der Waals surface area contributed by atoms with Crippen molar-refractivity contribution in [3.63, 3.8) is 0 Å². The van der Waals surface area contributed by atoms with E-state index in [1.165, 1.54) is 11.1 Å². The van der Waals surface area contributed by atoms with Crippen LogP contribution in [0.4, 0.5) is 11.4 Å². The molecule has 1 aliphatic carbocycles. The Morgan fingerprint density at radius 2 is 1.92 bits per heavy atom. The molecule has 2 heterocycles. The minimum atomic E-state index is -0.220. The Morgan fingerprint density at radius 1 is 1.15 bits per heavy atom. The van der Waals surface area contributed by atoms with E-state index in [0.29, 0.717) is 0 Å². The molecular weight excluding hydrogens is 346 g/mol. The number of halogens is 1. The van der Waals surface area contributed by atoms with Crippen LogP contribution in [0.3, 0.4) is 0 Å². The van der Waals surface area contributed by atoms with Crippen LogP contribution in [0.5, 0.6) is 0 Å². The molecular formula is C21H22ClN3O. The normalized spacial score (nSPS) is 21.5. The average Bonchev–Trinajstić information content (AvgIpc) is 3.38. The smallest absolute Gasteiger partial charge is 0.237 e. The molecule has 2 aliphatic heterocycles. The summed E-state index contributed by atoms with van der Waals surface area (Å²) < 4.78 is 0. The van der Waals surface area contributed by atoms with Crippen LogP contribution in [0.2, 0.25) is 5.02 Å². The van der Waals surface area contributed by atoms with Gasteiger partial charge in [-0.3, -0.25) is 4.79 Å². The molecule has 0 radical (unpaired) electrons. The number of hydrogen-bond donors (Lipinski definition) is 2. The van der Waals surface area contributed by atoms with Crippen molar-refractivity contribution in [3.05, 3.63) is 58.1 Å². The fourth-order valence-corrected chi connectivity index (χ4v) is 4.74. The molecule has 4 nitrogen and oxygen atoms in total. The summed E-state index contributed by atoms with van der Waals surface area (Å²) in [6.07, 6.45) is 1.96. The van der Waals surface area contributed by atoms with Crippen LogP contribution in [0.15, 0.2) is 36.4 Å². The minimum absolute atomic E-state index is 0.165. The Morgan fingerprint density at radius 3 is 2.58 bits per heavy atom. The number of benzene rings is 2. The van der Waals surface area contributed by atoms with Gasteiger partial charge < -0.3 is 15.5 Å². The number of likely N-dealkylation sites (N-methyl/N-ethyl adjacent to an activating group) is 1. The van der Waals surface area contributed by atoms with E-state index in [0.717, 1.165) is 47.9 Å². The van der Waals surface area contributed by atoms with Crippen molar-refractivity contribution < 1.29 is 4.79 Å². The topological polar surface area (TPSA) is 44.4 Å². The van der Waals surface area contributed by atoms with Gasteiger partial charge in [-0.15, -0.1) is 0 Å². The molecule has 134 valence electrons. The van der Waals surface area contributed by atoms with Crippen LogP contribution in [0, 0.1) is 6.92 Å². The van der Waals surface area contributed by atoms with E-state index in [4.69, 9.17) is 11.6 Å². The lowest BCUT2D eigenvalue weighted by atomic mass is 9.81. The summed E-state index contributed by atoms with van der Waals surface area (Å²) in [7, 11) is 1.89. The van der Waals surface area contributed by atoms with Crippen molar-refractivity contribution in [2.24, 2.45) is 0 Å². The van der Waals surface area contributed by atoms with Gasteiger partial charge in [0.05, 0.1) is 11.0 Å². The van der Waals surface area contributed by atoms with E-state index in [9.17, 15) is 4.79 Å². The SMILES string of the molecule is Cc1c(Cl)cccc1C1(Nc2ccc3c(c2)N(C)C(=O)C32CC2)CNC1. The monoisotopic (exact) mass is 367 g/mol. The minimum Gasteiger partial charge on any atom is -0.373 e. The number of carbonyl (C=O) groups is 1. The third kappa shape index (κ3) is 2.03.